The number of hydrogen-bond acceptors (Lipinski definition) is 3. The molecule has 0 radical (unpaired) electrons. The molecule has 3 heteroatoms. The maximum Gasteiger partial charge on any atom is 0.156 e. The van der Waals surface area contributed by atoms with Gasteiger partial charge in [-0.1, -0.05) is 5.57 Å². The van der Waals surface area contributed by atoms with Gasteiger partial charge in [-0.15, -0.1) is 0 Å². The second-order valence-electron chi connectivity index (χ2n) is 4.18. The van der Waals surface area contributed by atoms with Crippen LogP contribution in [0.3, 0.4) is 0 Å². The fourth-order valence-corrected chi connectivity index (χ4v) is 2.26. The van der Waals surface area contributed by atoms with Crippen molar-refractivity contribution in [1.82, 2.24) is 0 Å². The van der Waals surface area contributed by atoms with Gasteiger partial charge in [-0.25, -0.2) is 0 Å². The lowest BCUT2D eigenvalue weighted by atomic mass is 9.75. The van der Waals surface area contributed by atoms with Crippen molar-refractivity contribution < 1.29 is 14.3 Å². The summed E-state index contributed by atoms with van der Waals surface area (Å²) in [7, 11) is 3.32. The molecule has 14 heavy (non-hydrogen) atoms. The van der Waals surface area contributed by atoms with Crippen molar-refractivity contribution in [1.29, 1.82) is 0 Å². The smallest absolute Gasteiger partial charge is 0.156 e. The predicted octanol–water partition coefficient (Wildman–Crippen LogP) is 1.57. The van der Waals surface area contributed by atoms with Crippen LogP contribution >= 0.6 is 0 Å². The highest BCUT2D eigenvalue weighted by Gasteiger charge is 2.35. The lowest BCUT2D eigenvalue weighted by Gasteiger charge is -2.34. The van der Waals surface area contributed by atoms with E-state index in [2.05, 4.69) is 0 Å². The van der Waals surface area contributed by atoms with E-state index in [0.29, 0.717) is 19.6 Å². The number of ketones is 1. The molecule has 0 amide bonds. The van der Waals surface area contributed by atoms with E-state index < -0.39 is 0 Å². The lowest BCUT2D eigenvalue weighted by molar-refractivity contribution is -0.120. The molecule has 0 aromatic carbocycles. The van der Waals surface area contributed by atoms with Crippen LogP contribution in [-0.2, 0) is 14.3 Å². The summed E-state index contributed by atoms with van der Waals surface area (Å²) >= 11 is 0. The SMILES string of the molecule is COCC1(COC)CC(=O)C=C(C)C1. The maximum atomic E-state index is 11.5. The summed E-state index contributed by atoms with van der Waals surface area (Å²) in [5.74, 6) is 0.183. The molecule has 0 heterocycles. The Labute approximate surface area is 85.1 Å². The van der Waals surface area contributed by atoms with Gasteiger partial charge in [0.25, 0.3) is 0 Å². The topological polar surface area (TPSA) is 35.5 Å². The fraction of sp³-hybridized carbons (Fsp3) is 0.727. The van der Waals surface area contributed by atoms with Crippen LogP contribution in [0.15, 0.2) is 11.6 Å². The van der Waals surface area contributed by atoms with Gasteiger partial charge in [-0.05, 0) is 19.4 Å². The standard InChI is InChI=1S/C11H18O3/c1-9-4-10(12)6-11(5-9,7-13-2)8-14-3/h4H,5-8H2,1-3H3. The zero-order valence-corrected chi connectivity index (χ0v) is 9.13. The molecule has 1 rings (SSSR count). The molecule has 0 fully saturated rings. The monoisotopic (exact) mass is 198 g/mol. The van der Waals surface area contributed by atoms with Crippen LogP contribution in [0.1, 0.15) is 19.8 Å². The molecule has 0 aromatic rings. The fourth-order valence-electron chi connectivity index (χ4n) is 2.26. The Balaban J connectivity index is 2.78. The molecule has 0 aromatic heterocycles. The zero-order valence-electron chi connectivity index (χ0n) is 9.13. The Hall–Kier alpha value is -0.670. The molecule has 0 saturated carbocycles. The van der Waals surface area contributed by atoms with Gasteiger partial charge in [-0.3, -0.25) is 4.79 Å². The number of carbonyl (C=O) groups is 1. The van der Waals surface area contributed by atoms with E-state index in [9.17, 15) is 4.79 Å². The molecular formula is C11H18O3. The first-order valence-corrected chi connectivity index (χ1v) is 4.80. The van der Waals surface area contributed by atoms with E-state index in [-0.39, 0.29) is 11.2 Å². The van der Waals surface area contributed by atoms with Crippen LogP contribution in [0.25, 0.3) is 0 Å². The molecule has 1 aliphatic carbocycles. The first kappa shape index (κ1) is 11.4. The van der Waals surface area contributed by atoms with Crippen LogP contribution in [0, 0.1) is 5.41 Å². The van der Waals surface area contributed by atoms with Gasteiger partial charge in [0.05, 0.1) is 13.2 Å². The molecule has 0 aliphatic heterocycles. The van der Waals surface area contributed by atoms with Crippen LogP contribution < -0.4 is 0 Å². The quantitative estimate of drug-likeness (QED) is 0.688. The van der Waals surface area contributed by atoms with Crippen molar-refractivity contribution in [3.8, 4) is 0 Å². The third-order valence-corrected chi connectivity index (χ3v) is 2.51. The van der Waals surface area contributed by atoms with Crippen molar-refractivity contribution in [2.24, 2.45) is 5.41 Å². The Kier molecular flexibility index (Phi) is 3.84. The Morgan fingerprint density at radius 3 is 2.29 bits per heavy atom. The van der Waals surface area contributed by atoms with Gasteiger partial charge < -0.3 is 9.47 Å². The second kappa shape index (κ2) is 4.71. The van der Waals surface area contributed by atoms with Gasteiger partial charge in [0.15, 0.2) is 5.78 Å². The van der Waals surface area contributed by atoms with Crippen molar-refractivity contribution in [3.63, 3.8) is 0 Å². The van der Waals surface area contributed by atoms with E-state index in [4.69, 9.17) is 9.47 Å². The zero-order chi connectivity index (χ0) is 10.6. The summed E-state index contributed by atoms with van der Waals surface area (Å²) in [5.41, 5.74) is 0.981. The van der Waals surface area contributed by atoms with E-state index in [1.807, 2.05) is 6.92 Å². The van der Waals surface area contributed by atoms with E-state index in [0.717, 1.165) is 12.0 Å². The molecule has 0 unspecified atom stereocenters. The summed E-state index contributed by atoms with van der Waals surface area (Å²) in [6, 6.07) is 0. The average molecular weight is 198 g/mol. The second-order valence-corrected chi connectivity index (χ2v) is 4.18. The van der Waals surface area contributed by atoms with Crippen LogP contribution in [0.5, 0.6) is 0 Å². The molecule has 0 N–H and O–H groups in total. The summed E-state index contributed by atoms with van der Waals surface area (Å²) in [6.45, 7) is 3.15. The summed E-state index contributed by atoms with van der Waals surface area (Å²) in [6.07, 6.45) is 3.15. The molecule has 1 aliphatic rings. The number of carbonyl (C=O) groups excluding carboxylic acids is 1. The summed E-state index contributed by atoms with van der Waals surface area (Å²) < 4.78 is 10.3. The number of allylic oxidation sites excluding steroid dienone is 2. The Morgan fingerprint density at radius 1 is 1.29 bits per heavy atom. The van der Waals surface area contributed by atoms with E-state index in [1.54, 1.807) is 20.3 Å². The van der Waals surface area contributed by atoms with Crippen molar-refractivity contribution in [2.75, 3.05) is 27.4 Å². The lowest BCUT2D eigenvalue weighted by Crippen LogP contribution is -2.36. The summed E-state index contributed by atoms with van der Waals surface area (Å²) in [5, 5.41) is 0. The van der Waals surface area contributed by atoms with Crippen LogP contribution in [0.2, 0.25) is 0 Å². The third kappa shape index (κ3) is 2.66. The van der Waals surface area contributed by atoms with E-state index >= 15 is 0 Å². The minimum atomic E-state index is -0.139. The molecule has 3 nitrogen and oxygen atoms in total. The first-order chi connectivity index (χ1) is 6.62. The number of methoxy groups -OCH3 is 2. The predicted molar refractivity (Wildman–Crippen MR) is 54.2 cm³/mol. The van der Waals surface area contributed by atoms with Gasteiger partial charge in [0, 0.05) is 26.1 Å². The molecule has 0 bridgehead atoms. The number of hydrogen-bond donors (Lipinski definition) is 0. The molecular weight excluding hydrogens is 180 g/mol. The molecule has 0 spiro atoms. The van der Waals surface area contributed by atoms with E-state index in [1.165, 1.54) is 0 Å². The van der Waals surface area contributed by atoms with Crippen molar-refractivity contribution >= 4 is 5.78 Å². The minimum Gasteiger partial charge on any atom is -0.384 e. The van der Waals surface area contributed by atoms with Crippen LogP contribution in [-0.4, -0.2) is 33.2 Å². The normalized spacial score (nSPS) is 20.8. The van der Waals surface area contributed by atoms with Gasteiger partial charge >= 0.3 is 0 Å². The molecule has 80 valence electrons. The van der Waals surface area contributed by atoms with Gasteiger partial charge in [0.2, 0.25) is 0 Å². The average Bonchev–Trinajstić information content (AvgIpc) is 2.02. The van der Waals surface area contributed by atoms with Gasteiger partial charge in [-0.2, -0.15) is 0 Å². The first-order valence-electron chi connectivity index (χ1n) is 4.80. The highest BCUT2D eigenvalue weighted by Crippen LogP contribution is 2.35. The Bertz CT molecular complexity index is 237. The van der Waals surface area contributed by atoms with Crippen LogP contribution in [0.4, 0.5) is 0 Å². The number of rotatable bonds is 4. The third-order valence-electron chi connectivity index (χ3n) is 2.51. The summed E-state index contributed by atoms with van der Waals surface area (Å²) in [4.78, 5) is 11.5. The largest absolute Gasteiger partial charge is 0.384 e. The maximum absolute atomic E-state index is 11.5. The Morgan fingerprint density at radius 2 is 1.86 bits per heavy atom. The number of ether oxygens (including phenoxy) is 2. The molecule has 0 saturated heterocycles. The highest BCUT2D eigenvalue weighted by atomic mass is 16.5. The van der Waals surface area contributed by atoms with Gasteiger partial charge in [0.1, 0.15) is 0 Å². The van der Waals surface area contributed by atoms with Crippen molar-refractivity contribution in [2.45, 2.75) is 19.8 Å². The minimum absolute atomic E-state index is 0.139. The highest BCUT2D eigenvalue weighted by molar-refractivity contribution is 5.91. The van der Waals surface area contributed by atoms with Crippen molar-refractivity contribution in [3.05, 3.63) is 11.6 Å². The molecule has 0 atom stereocenters.